The van der Waals surface area contributed by atoms with Crippen LogP contribution >= 0.6 is 23.2 Å². The molecule has 0 aromatic carbocycles. The third-order valence-corrected chi connectivity index (χ3v) is 3.94. The lowest BCUT2D eigenvalue weighted by Gasteiger charge is -2.24. The van der Waals surface area contributed by atoms with E-state index in [1.807, 2.05) is 0 Å². The molecule has 2 aliphatic rings. The molecular formula is C9H10Cl2O2. The van der Waals surface area contributed by atoms with Crippen molar-refractivity contribution < 1.29 is 9.59 Å². The Bertz CT molecular complexity index is 238. The Labute approximate surface area is 86.6 Å². The predicted octanol–water partition coefficient (Wildman–Crippen LogP) is 2.18. The van der Waals surface area contributed by atoms with Crippen molar-refractivity contribution in [2.45, 2.75) is 19.3 Å². The van der Waals surface area contributed by atoms with E-state index in [1.54, 1.807) is 0 Å². The molecule has 0 saturated heterocycles. The third-order valence-electron chi connectivity index (χ3n) is 3.44. The monoisotopic (exact) mass is 220 g/mol. The minimum absolute atomic E-state index is 0.301. The molecule has 0 heterocycles. The summed E-state index contributed by atoms with van der Waals surface area (Å²) in [4.78, 5) is 22.2. The highest BCUT2D eigenvalue weighted by atomic mass is 35.5. The topological polar surface area (TPSA) is 34.1 Å². The summed E-state index contributed by atoms with van der Waals surface area (Å²) in [6, 6.07) is 0. The van der Waals surface area contributed by atoms with Gasteiger partial charge in [0.15, 0.2) is 0 Å². The smallest absolute Gasteiger partial charge is 0.225 e. The van der Waals surface area contributed by atoms with E-state index in [-0.39, 0.29) is 22.3 Å². The Morgan fingerprint density at radius 3 is 1.62 bits per heavy atom. The van der Waals surface area contributed by atoms with Crippen LogP contribution in [0.1, 0.15) is 19.3 Å². The Hall–Kier alpha value is -0.0800. The SMILES string of the molecule is O=C(Cl)[C@H]1[C@@H]2CC[C@@H](C2)[C@@H]1C(=O)Cl. The maximum absolute atomic E-state index is 11.1. The summed E-state index contributed by atoms with van der Waals surface area (Å²) in [5.41, 5.74) is 0. The standard InChI is InChI=1S/C9H10Cl2O2/c10-8(12)6-4-1-2-5(3-4)7(6)9(11)13/h4-7H,1-3H2/t4-,5+,6-,7-/m0/s1. The van der Waals surface area contributed by atoms with Crippen molar-refractivity contribution in [1.29, 1.82) is 0 Å². The first-order chi connectivity index (χ1) is 6.11. The fourth-order valence-electron chi connectivity index (χ4n) is 2.94. The van der Waals surface area contributed by atoms with Crippen LogP contribution in [-0.4, -0.2) is 10.5 Å². The molecule has 0 N–H and O–H groups in total. The first-order valence-electron chi connectivity index (χ1n) is 4.50. The summed E-state index contributed by atoms with van der Waals surface area (Å²) in [7, 11) is 0. The van der Waals surface area contributed by atoms with Gasteiger partial charge in [0.1, 0.15) is 0 Å². The molecule has 2 saturated carbocycles. The molecule has 0 radical (unpaired) electrons. The van der Waals surface area contributed by atoms with Crippen LogP contribution in [0, 0.1) is 23.7 Å². The van der Waals surface area contributed by atoms with Crippen LogP contribution in [0.5, 0.6) is 0 Å². The molecule has 0 unspecified atom stereocenters. The van der Waals surface area contributed by atoms with Crippen LogP contribution in [-0.2, 0) is 9.59 Å². The minimum Gasteiger partial charge on any atom is -0.281 e. The summed E-state index contributed by atoms with van der Waals surface area (Å²) < 4.78 is 0. The number of fused-ring (bicyclic) bond motifs is 2. The van der Waals surface area contributed by atoms with Gasteiger partial charge in [0.2, 0.25) is 10.5 Å². The van der Waals surface area contributed by atoms with Crippen LogP contribution in [0.4, 0.5) is 0 Å². The predicted molar refractivity (Wildman–Crippen MR) is 49.5 cm³/mol. The van der Waals surface area contributed by atoms with Crippen molar-refractivity contribution >= 4 is 33.7 Å². The van der Waals surface area contributed by atoms with Crippen LogP contribution in [0.25, 0.3) is 0 Å². The van der Waals surface area contributed by atoms with E-state index in [2.05, 4.69) is 0 Å². The van der Waals surface area contributed by atoms with E-state index in [0.717, 1.165) is 19.3 Å². The highest BCUT2D eigenvalue weighted by Gasteiger charge is 2.52. The molecule has 72 valence electrons. The van der Waals surface area contributed by atoms with E-state index in [0.29, 0.717) is 11.8 Å². The lowest BCUT2D eigenvalue weighted by atomic mass is 9.81. The largest absolute Gasteiger partial charge is 0.281 e. The van der Waals surface area contributed by atoms with Gasteiger partial charge in [0.05, 0.1) is 0 Å². The molecule has 13 heavy (non-hydrogen) atoms. The van der Waals surface area contributed by atoms with Gasteiger partial charge in [-0.3, -0.25) is 9.59 Å². The van der Waals surface area contributed by atoms with Gasteiger partial charge in [-0.05, 0) is 54.3 Å². The number of halogens is 2. The molecule has 2 rings (SSSR count). The Kier molecular flexibility index (Phi) is 2.37. The number of hydrogen-bond donors (Lipinski definition) is 0. The fraction of sp³-hybridized carbons (Fsp3) is 0.778. The van der Waals surface area contributed by atoms with Gasteiger partial charge in [0, 0.05) is 11.8 Å². The summed E-state index contributed by atoms with van der Waals surface area (Å²) >= 11 is 10.9. The van der Waals surface area contributed by atoms with Crippen molar-refractivity contribution in [2.24, 2.45) is 23.7 Å². The zero-order valence-corrected chi connectivity index (χ0v) is 8.52. The highest BCUT2D eigenvalue weighted by Crippen LogP contribution is 2.53. The van der Waals surface area contributed by atoms with E-state index in [1.165, 1.54) is 0 Å². The van der Waals surface area contributed by atoms with Crippen LogP contribution < -0.4 is 0 Å². The van der Waals surface area contributed by atoms with Crippen molar-refractivity contribution in [1.82, 2.24) is 0 Å². The molecule has 2 bridgehead atoms. The Morgan fingerprint density at radius 1 is 0.923 bits per heavy atom. The number of carbonyl (C=O) groups is 2. The van der Waals surface area contributed by atoms with Crippen molar-refractivity contribution in [2.75, 3.05) is 0 Å². The molecule has 4 heteroatoms. The number of carbonyl (C=O) groups excluding carboxylic acids is 2. The molecule has 0 spiro atoms. The van der Waals surface area contributed by atoms with Crippen LogP contribution in [0.2, 0.25) is 0 Å². The van der Waals surface area contributed by atoms with Gasteiger partial charge in [-0.1, -0.05) is 0 Å². The lowest BCUT2D eigenvalue weighted by molar-refractivity contribution is -0.125. The molecule has 2 aliphatic carbocycles. The van der Waals surface area contributed by atoms with Crippen molar-refractivity contribution in [3.63, 3.8) is 0 Å². The Balaban J connectivity index is 2.24. The summed E-state index contributed by atoms with van der Waals surface area (Å²) in [6.07, 6.45) is 3.00. The van der Waals surface area contributed by atoms with E-state index in [4.69, 9.17) is 23.2 Å². The molecule has 0 aromatic heterocycles. The second kappa shape index (κ2) is 3.25. The third kappa shape index (κ3) is 1.40. The first kappa shape index (κ1) is 9.47. The first-order valence-corrected chi connectivity index (χ1v) is 5.25. The molecule has 2 fully saturated rings. The van der Waals surface area contributed by atoms with Gasteiger partial charge in [-0.15, -0.1) is 0 Å². The molecular weight excluding hydrogens is 211 g/mol. The normalized spacial score (nSPS) is 42.3. The van der Waals surface area contributed by atoms with Crippen LogP contribution in [0.15, 0.2) is 0 Å². The maximum Gasteiger partial charge on any atom is 0.225 e. The van der Waals surface area contributed by atoms with Crippen molar-refractivity contribution in [3.8, 4) is 0 Å². The maximum atomic E-state index is 11.1. The molecule has 0 aliphatic heterocycles. The van der Waals surface area contributed by atoms with Gasteiger partial charge in [0.25, 0.3) is 0 Å². The average Bonchev–Trinajstić information content (AvgIpc) is 2.60. The number of rotatable bonds is 2. The summed E-state index contributed by atoms with van der Waals surface area (Å²) in [6.45, 7) is 0. The second-order valence-corrected chi connectivity index (χ2v) is 4.74. The van der Waals surface area contributed by atoms with E-state index < -0.39 is 0 Å². The van der Waals surface area contributed by atoms with Gasteiger partial charge in [-0.25, -0.2) is 0 Å². The fourth-order valence-corrected chi connectivity index (χ4v) is 3.57. The highest BCUT2D eigenvalue weighted by molar-refractivity contribution is 6.66. The Morgan fingerprint density at radius 2 is 1.31 bits per heavy atom. The van der Waals surface area contributed by atoms with Gasteiger partial charge in [-0.2, -0.15) is 0 Å². The van der Waals surface area contributed by atoms with Gasteiger partial charge >= 0.3 is 0 Å². The molecule has 4 atom stereocenters. The molecule has 0 aromatic rings. The average molecular weight is 221 g/mol. The van der Waals surface area contributed by atoms with Crippen molar-refractivity contribution in [3.05, 3.63) is 0 Å². The molecule has 0 amide bonds. The summed E-state index contributed by atoms with van der Waals surface area (Å²) in [5.74, 6) is 0.0150. The zero-order valence-electron chi connectivity index (χ0n) is 7.00. The number of hydrogen-bond acceptors (Lipinski definition) is 2. The second-order valence-electron chi connectivity index (χ2n) is 3.99. The quantitative estimate of drug-likeness (QED) is 0.669. The van der Waals surface area contributed by atoms with E-state index in [9.17, 15) is 9.59 Å². The minimum atomic E-state index is -0.383. The van der Waals surface area contributed by atoms with E-state index >= 15 is 0 Å². The summed E-state index contributed by atoms with van der Waals surface area (Å²) in [5, 5.41) is -0.766. The van der Waals surface area contributed by atoms with Gasteiger partial charge < -0.3 is 0 Å². The molecule has 2 nitrogen and oxygen atoms in total. The van der Waals surface area contributed by atoms with Crippen LogP contribution in [0.3, 0.4) is 0 Å². The zero-order chi connectivity index (χ0) is 9.59. The lowest BCUT2D eigenvalue weighted by Crippen LogP contribution is -2.30.